The summed E-state index contributed by atoms with van der Waals surface area (Å²) in [5, 5.41) is 3.85. The van der Waals surface area contributed by atoms with Crippen LogP contribution in [0.3, 0.4) is 0 Å². The van der Waals surface area contributed by atoms with Gasteiger partial charge in [0.05, 0.1) is 12.2 Å². The Bertz CT molecular complexity index is 672. The minimum atomic E-state index is 0.0892. The van der Waals surface area contributed by atoms with Gasteiger partial charge in [0.25, 0.3) is 5.91 Å². The minimum absolute atomic E-state index is 0.0892. The number of amides is 1. The van der Waals surface area contributed by atoms with Crippen molar-refractivity contribution in [1.29, 1.82) is 0 Å². The van der Waals surface area contributed by atoms with Crippen LogP contribution < -0.4 is 4.90 Å². The van der Waals surface area contributed by atoms with Crippen molar-refractivity contribution in [2.45, 2.75) is 13.5 Å². The van der Waals surface area contributed by atoms with Gasteiger partial charge in [0.1, 0.15) is 5.82 Å². The largest absolute Gasteiger partial charge is 0.383 e. The van der Waals surface area contributed by atoms with Crippen LogP contribution in [0.1, 0.15) is 21.6 Å². The Balaban J connectivity index is 1.87. The number of hydrogen-bond donors (Lipinski definition) is 0. The van der Waals surface area contributed by atoms with Gasteiger partial charge in [0.15, 0.2) is 0 Å². The molecule has 0 radical (unpaired) electrons. The molecule has 0 aromatic carbocycles. The predicted molar refractivity (Wildman–Crippen MR) is 92.1 cm³/mol. The summed E-state index contributed by atoms with van der Waals surface area (Å²) >= 11 is 1.55. The van der Waals surface area contributed by atoms with Gasteiger partial charge in [0.2, 0.25) is 0 Å². The van der Waals surface area contributed by atoms with E-state index in [0.717, 1.165) is 35.7 Å². The van der Waals surface area contributed by atoms with E-state index in [1.165, 1.54) is 0 Å². The molecule has 6 heteroatoms. The zero-order valence-electron chi connectivity index (χ0n) is 13.5. The molecule has 0 saturated heterocycles. The van der Waals surface area contributed by atoms with E-state index in [1.807, 2.05) is 34.7 Å². The summed E-state index contributed by atoms with van der Waals surface area (Å²) < 4.78 is 5.22. The van der Waals surface area contributed by atoms with E-state index in [4.69, 9.17) is 9.72 Å². The van der Waals surface area contributed by atoms with Gasteiger partial charge in [-0.25, -0.2) is 4.98 Å². The van der Waals surface area contributed by atoms with Gasteiger partial charge in [-0.3, -0.25) is 4.79 Å². The van der Waals surface area contributed by atoms with Gasteiger partial charge in [-0.1, -0.05) is 6.07 Å². The molecule has 23 heavy (non-hydrogen) atoms. The molecular formula is C17H21N3O2S. The molecular weight excluding hydrogens is 310 g/mol. The fourth-order valence-corrected chi connectivity index (χ4v) is 3.39. The van der Waals surface area contributed by atoms with Crippen LogP contribution in [0.5, 0.6) is 0 Å². The van der Waals surface area contributed by atoms with Crippen molar-refractivity contribution >= 4 is 23.1 Å². The maximum absolute atomic E-state index is 12.7. The quantitative estimate of drug-likeness (QED) is 0.864. The zero-order valence-corrected chi connectivity index (χ0v) is 14.3. The molecule has 5 nitrogen and oxygen atoms in total. The number of pyridine rings is 1. The summed E-state index contributed by atoms with van der Waals surface area (Å²) in [6, 6.07) is 5.97. The third-order valence-corrected chi connectivity index (χ3v) is 4.70. The van der Waals surface area contributed by atoms with E-state index in [1.54, 1.807) is 18.4 Å². The molecule has 1 aliphatic heterocycles. The molecule has 1 aliphatic rings. The van der Waals surface area contributed by atoms with Gasteiger partial charge >= 0.3 is 0 Å². The topological polar surface area (TPSA) is 45.7 Å². The summed E-state index contributed by atoms with van der Waals surface area (Å²) in [7, 11) is 1.70. The summed E-state index contributed by atoms with van der Waals surface area (Å²) in [5.41, 5.74) is 2.85. The van der Waals surface area contributed by atoms with Crippen molar-refractivity contribution in [2.24, 2.45) is 0 Å². The van der Waals surface area contributed by atoms with Gasteiger partial charge in [-0.15, -0.1) is 0 Å². The van der Waals surface area contributed by atoms with Crippen molar-refractivity contribution in [3.8, 4) is 0 Å². The van der Waals surface area contributed by atoms with Crippen molar-refractivity contribution in [3.05, 3.63) is 45.8 Å². The second-order valence-corrected chi connectivity index (χ2v) is 6.43. The Morgan fingerprint density at radius 1 is 1.35 bits per heavy atom. The Labute approximate surface area is 140 Å². The van der Waals surface area contributed by atoms with Crippen LogP contribution in [-0.2, 0) is 11.3 Å². The van der Waals surface area contributed by atoms with Crippen molar-refractivity contribution < 1.29 is 9.53 Å². The molecule has 0 atom stereocenters. The Morgan fingerprint density at radius 3 is 2.96 bits per heavy atom. The Hall–Kier alpha value is -1.92. The summed E-state index contributed by atoms with van der Waals surface area (Å²) in [6.45, 7) is 5.47. The second kappa shape index (κ2) is 7.10. The molecule has 0 aliphatic carbocycles. The molecule has 122 valence electrons. The fourth-order valence-electron chi connectivity index (χ4n) is 2.76. The number of carbonyl (C=O) groups is 1. The molecule has 2 aromatic heterocycles. The van der Waals surface area contributed by atoms with Crippen LogP contribution in [0, 0.1) is 6.92 Å². The lowest BCUT2D eigenvalue weighted by molar-refractivity contribution is 0.0751. The monoisotopic (exact) mass is 331 g/mol. The predicted octanol–water partition coefficient (Wildman–Crippen LogP) is 2.56. The van der Waals surface area contributed by atoms with E-state index in [9.17, 15) is 4.79 Å². The third-order valence-electron chi connectivity index (χ3n) is 4.02. The smallest absolute Gasteiger partial charge is 0.255 e. The van der Waals surface area contributed by atoms with Gasteiger partial charge < -0.3 is 14.5 Å². The van der Waals surface area contributed by atoms with E-state index >= 15 is 0 Å². The zero-order chi connectivity index (χ0) is 16.2. The maximum Gasteiger partial charge on any atom is 0.255 e. The molecule has 3 heterocycles. The van der Waals surface area contributed by atoms with Crippen LogP contribution in [0.15, 0.2) is 29.0 Å². The molecule has 0 N–H and O–H groups in total. The van der Waals surface area contributed by atoms with Crippen molar-refractivity contribution in [1.82, 2.24) is 9.88 Å². The maximum atomic E-state index is 12.7. The third kappa shape index (κ3) is 3.54. The number of aryl methyl sites for hydroxylation is 1. The molecule has 2 aromatic rings. The first-order valence-corrected chi connectivity index (χ1v) is 8.65. The normalized spacial score (nSPS) is 14.5. The summed E-state index contributed by atoms with van der Waals surface area (Å²) in [6.07, 6.45) is 0. The van der Waals surface area contributed by atoms with E-state index in [2.05, 4.69) is 11.0 Å². The SMILES string of the molecule is COCCN1CCN(C(=O)c2ccsc2)Cc2ccc(C)nc21. The highest BCUT2D eigenvalue weighted by molar-refractivity contribution is 7.08. The number of methoxy groups -OCH3 is 1. The fraction of sp³-hybridized carbons (Fsp3) is 0.412. The summed E-state index contributed by atoms with van der Waals surface area (Å²) in [5.74, 6) is 1.06. The lowest BCUT2D eigenvalue weighted by Crippen LogP contribution is -2.36. The number of ether oxygens (including phenoxy) is 1. The first-order chi connectivity index (χ1) is 11.2. The Morgan fingerprint density at radius 2 is 2.22 bits per heavy atom. The van der Waals surface area contributed by atoms with E-state index in [-0.39, 0.29) is 5.91 Å². The van der Waals surface area contributed by atoms with Crippen LogP contribution in [-0.4, -0.2) is 49.1 Å². The molecule has 0 unspecified atom stereocenters. The van der Waals surface area contributed by atoms with Crippen LogP contribution in [0.25, 0.3) is 0 Å². The number of aromatic nitrogens is 1. The summed E-state index contributed by atoms with van der Waals surface area (Å²) in [4.78, 5) is 21.5. The lowest BCUT2D eigenvalue weighted by atomic mass is 10.2. The first-order valence-electron chi connectivity index (χ1n) is 7.71. The van der Waals surface area contributed by atoms with E-state index in [0.29, 0.717) is 19.7 Å². The number of nitrogens with zero attached hydrogens (tertiary/aromatic N) is 3. The van der Waals surface area contributed by atoms with Crippen LogP contribution in [0.2, 0.25) is 0 Å². The van der Waals surface area contributed by atoms with E-state index < -0.39 is 0 Å². The van der Waals surface area contributed by atoms with Gasteiger partial charge in [0, 0.05) is 49.9 Å². The number of thiophene rings is 1. The van der Waals surface area contributed by atoms with Crippen LogP contribution >= 0.6 is 11.3 Å². The standard InChI is InChI=1S/C17H21N3O2S/c1-13-3-4-14-11-20(17(21)15-5-10-23-12-15)7-6-19(8-9-22-2)16(14)18-13/h3-5,10,12H,6-9,11H2,1-2H3. The highest BCUT2D eigenvalue weighted by Crippen LogP contribution is 2.24. The second-order valence-electron chi connectivity index (χ2n) is 5.65. The van der Waals surface area contributed by atoms with Crippen LogP contribution in [0.4, 0.5) is 5.82 Å². The Kier molecular flexibility index (Phi) is 4.93. The first kappa shape index (κ1) is 16.0. The number of carbonyl (C=O) groups excluding carboxylic acids is 1. The highest BCUT2D eigenvalue weighted by Gasteiger charge is 2.24. The van der Waals surface area contributed by atoms with Gasteiger partial charge in [-0.2, -0.15) is 11.3 Å². The number of anilines is 1. The lowest BCUT2D eigenvalue weighted by Gasteiger charge is -2.23. The minimum Gasteiger partial charge on any atom is -0.383 e. The molecule has 0 bridgehead atoms. The highest BCUT2D eigenvalue weighted by atomic mass is 32.1. The number of rotatable bonds is 4. The van der Waals surface area contributed by atoms with Crippen molar-refractivity contribution in [2.75, 3.05) is 38.3 Å². The molecule has 0 fully saturated rings. The van der Waals surface area contributed by atoms with Gasteiger partial charge in [-0.05, 0) is 24.4 Å². The molecule has 0 spiro atoms. The molecule has 0 saturated carbocycles. The molecule has 3 rings (SSSR count). The average Bonchev–Trinajstić information content (AvgIpc) is 3.03. The molecule has 1 amide bonds. The number of fused-ring (bicyclic) bond motifs is 1. The van der Waals surface area contributed by atoms with Crippen molar-refractivity contribution in [3.63, 3.8) is 0 Å². The average molecular weight is 331 g/mol. The number of hydrogen-bond acceptors (Lipinski definition) is 5.